The van der Waals surface area contributed by atoms with Crippen molar-refractivity contribution in [1.29, 1.82) is 0 Å². The molecule has 5 atom stereocenters. The Labute approximate surface area is 158 Å². The van der Waals surface area contributed by atoms with Gasteiger partial charge < -0.3 is 38.7 Å². The Balaban J connectivity index is 1.94. The molecule has 3 N–H and O–H groups in total. The van der Waals surface area contributed by atoms with Crippen molar-refractivity contribution in [2.45, 2.75) is 37.6 Å². The second-order valence-corrected chi connectivity index (χ2v) is 6.19. The van der Waals surface area contributed by atoms with Crippen LogP contribution in [0.1, 0.15) is 6.92 Å². The summed E-state index contributed by atoms with van der Waals surface area (Å²) in [6.07, 6.45) is -6.98. The molecule has 152 valence electrons. The van der Waals surface area contributed by atoms with Crippen LogP contribution in [-0.2, 0) is 14.3 Å². The summed E-state index contributed by atoms with van der Waals surface area (Å²) >= 11 is 0. The molecule has 1 aromatic carbocycles. The van der Waals surface area contributed by atoms with Gasteiger partial charge in [0.1, 0.15) is 17.8 Å². The second-order valence-electron chi connectivity index (χ2n) is 6.19. The van der Waals surface area contributed by atoms with Crippen LogP contribution < -0.4 is 15.1 Å². The monoisotopic (exact) mass is 396 g/mol. The summed E-state index contributed by atoms with van der Waals surface area (Å²) in [7, 11) is 1.40. The summed E-state index contributed by atoms with van der Waals surface area (Å²) in [5.74, 6) is -0.401. The SMILES string of the molecule is COc1cc2ccc(=O)oc2cc1O[C@@H]1O[C@H](CO)[C@@H](O)[C@H](OC(C)=O)[C@H]1O. The number of rotatable bonds is 5. The summed E-state index contributed by atoms with van der Waals surface area (Å²) < 4.78 is 26.4. The van der Waals surface area contributed by atoms with Crippen LogP contribution >= 0.6 is 0 Å². The molecule has 1 saturated heterocycles. The van der Waals surface area contributed by atoms with Gasteiger partial charge in [-0.25, -0.2) is 4.79 Å². The molecule has 28 heavy (non-hydrogen) atoms. The van der Waals surface area contributed by atoms with Crippen molar-refractivity contribution < 1.29 is 43.5 Å². The van der Waals surface area contributed by atoms with Crippen molar-refractivity contribution in [2.75, 3.05) is 13.7 Å². The van der Waals surface area contributed by atoms with E-state index < -0.39 is 48.9 Å². The van der Waals surface area contributed by atoms with Crippen molar-refractivity contribution in [3.05, 3.63) is 34.7 Å². The zero-order valence-electron chi connectivity index (χ0n) is 15.1. The number of benzene rings is 1. The molecular formula is C18H20O10. The molecule has 1 fully saturated rings. The zero-order valence-corrected chi connectivity index (χ0v) is 15.1. The van der Waals surface area contributed by atoms with E-state index >= 15 is 0 Å². The van der Waals surface area contributed by atoms with E-state index in [1.807, 2.05) is 0 Å². The first-order valence-corrected chi connectivity index (χ1v) is 8.42. The molecule has 10 nitrogen and oxygen atoms in total. The lowest BCUT2D eigenvalue weighted by atomic mass is 9.99. The van der Waals surface area contributed by atoms with Crippen LogP contribution in [0.5, 0.6) is 11.5 Å². The van der Waals surface area contributed by atoms with Gasteiger partial charge in [-0.1, -0.05) is 0 Å². The van der Waals surface area contributed by atoms with Crippen LogP contribution in [0.4, 0.5) is 0 Å². The van der Waals surface area contributed by atoms with Crippen molar-refractivity contribution >= 4 is 16.9 Å². The van der Waals surface area contributed by atoms with Gasteiger partial charge in [0.25, 0.3) is 0 Å². The molecule has 0 saturated carbocycles. The summed E-state index contributed by atoms with van der Waals surface area (Å²) in [6.45, 7) is 0.516. The molecule has 0 spiro atoms. The molecule has 10 heteroatoms. The number of ether oxygens (including phenoxy) is 4. The molecule has 3 rings (SSSR count). The Kier molecular flexibility index (Phi) is 5.84. The minimum Gasteiger partial charge on any atom is -0.493 e. The minimum absolute atomic E-state index is 0.0723. The summed E-state index contributed by atoms with van der Waals surface area (Å²) in [5.41, 5.74) is -0.347. The average molecular weight is 396 g/mol. The molecule has 0 unspecified atom stereocenters. The van der Waals surface area contributed by atoms with Crippen LogP contribution in [0, 0.1) is 0 Å². The highest BCUT2D eigenvalue weighted by molar-refractivity contribution is 5.80. The number of esters is 1. The smallest absolute Gasteiger partial charge is 0.336 e. The normalized spacial score (nSPS) is 27.4. The fourth-order valence-electron chi connectivity index (χ4n) is 2.93. The maximum Gasteiger partial charge on any atom is 0.336 e. The molecule has 0 amide bonds. The first-order chi connectivity index (χ1) is 13.3. The third-order valence-corrected chi connectivity index (χ3v) is 4.27. The number of hydrogen-bond acceptors (Lipinski definition) is 10. The molecule has 0 bridgehead atoms. The lowest BCUT2D eigenvalue weighted by Gasteiger charge is -2.41. The maximum absolute atomic E-state index is 11.4. The highest BCUT2D eigenvalue weighted by atomic mass is 16.7. The van der Waals surface area contributed by atoms with Crippen molar-refractivity contribution in [3.63, 3.8) is 0 Å². The molecule has 2 aromatic rings. The third kappa shape index (κ3) is 3.94. The van der Waals surface area contributed by atoms with Crippen molar-refractivity contribution in [1.82, 2.24) is 0 Å². The van der Waals surface area contributed by atoms with Crippen molar-refractivity contribution in [2.24, 2.45) is 0 Å². The summed E-state index contributed by atoms with van der Waals surface area (Å²) in [5, 5.41) is 30.6. The van der Waals surface area contributed by atoms with Gasteiger partial charge in [-0.2, -0.15) is 0 Å². The quantitative estimate of drug-likeness (QED) is 0.449. The zero-order chi connectivity index (χ0) is 20.4. The molecule has 0 radical (unpaired) electrons. The molecule has 1 aromatic heterocycles. The number of hydrogen-bond donors (Lipinski definition) is 3. The van der Waals surface area contributed by atoms with E-state index in [9.17, 15) is 24.9 Å². The van der Waals surface area contributed by atoms with Gasteiger partial charge in [-0.15, -0.1) is 0 Å². The van der Waals surface area contributed by atoms with Gasteiger partial charge in [-0.05, 0) is 12.1 Å². The lowest BCUT2D eigenvalue weighted by Crippen LogP contribution is -2.61. The van der Waals surface area contributed by atoms with E-state index in [0.29, 0.717) is 5.39 Å². The van der Waals surface area contributed by atoms with Crippen LogP contribution in [0.25, 0.3) is 11.0 Å². The third-order valence-electron chi connectivity index (χ3n) is 4.27. The molecule has 1 aliphatic rings. The van der Waals surface area contributed by atoms with Gasteiger partial charge in [0, 0.05) is 24.4 Å². The molecular weight excluding hydrogens is 376 g/mol. The van der Waals surface area contributed by atoms with Gasteiger partial charge in [-0.3, -0.25) is 4.79 Å². The predicted molar refractivity (Wildman–Crippen MR) is 93.0 cm³/mol. The number of carbonyl (C=O) groups is 1. The summed E-state index contributed by atoms with van der Waals surface area (Å²) in [4.78, 5) is 22.7. The lowest BCUT2D eigenvalue weighted by molar-refractivity contribution is -0.281. The largest absolute Gasteiger partial charge is 0.493 e. The van der Waals surface area contributed by atoms with Crippen LogP contribution in [0.2, 0.25) is 0 Å². The minimum atomic E-state index is -1.56. The van der Waals surface area contributed by atoms with Gasteiger partial charge in [0.05, 0.1) is 13.7 Å². The molecule has 1 aliphatic heterocycles. The van der Waals surface area contributed by atoms with E-state index in [-0.39, 0.29) is 17.1 Å². The Hall–Kier alpha value is -2.66. The van der Waals surface area contributed by atoms with Crippen LogP contribution in [-0.4, -0.2) is 65.7 Å². The van der Waals surface area contributed by atoms with Crippen LogP contribution in [0.15, 0.2) is 33.5 Å². The number of aliphatic hydroxyl groups excluding tert-OH is 3. The number of aliphatic hydroxyl groups is 3. The van der Waals surface area contributed by atoms with E-state index in [1.165, 1.54) is 19.2 Å². The van der Waals surface area contributed by atoms with Crippen molar-refractivity contribution in [3.8, 4) is 11.5 Å². The Bertz CT molecular complexity index is 907. The van der Waals surface area contributed by atoms with E-state index in [1.54, 1.807) is 12.1 Å². The Morgan fingerprint density at radius 2 is 1.93 bits per heavy atom. The van der Waals surface area contributed by atoms with Crippen LogP contribution in [0.3, 0.4) is 0 Å². The number of fused-ring (bicyclic) bond motifs is 1. The van der Waals surface area contributed by atoms with Gasteiger partial charge >= 0.3 is 11.6 Å². The van der Waals surface area contributed by atoms with Gasteiger partial charge in [0.2, 0.25) is 6.29 Å². The topological polar surface area (TPSA) is 145 Å². The highest BCUT2D eigenvalue weighted by Crippen LogP contribution is 2.35. The summed E-state index contributed by atoms with van der Waals surface area (Å²) in [6, 6.07) is 5.75. The fourth-order valence-corrected chi connectivity index (χ4v) is 2.93. The first-order valence-electron chi connectivity index (χ1n) is 8.42. The number of methoxy groups -OCH3 is 1. The standard InChI is InChI=1S/C18H20O10/c1-8(20)25-17-15(22)13(7-19)28-18(16(17)23)27-12-6-10-9(5-11(12)24-2)3-4-14(21)26-10/h3-6,13,15-19,22-23H,7H2,1-2H3/t13-,15-,16-,17+,18-/m1/s1. The highest BCUT2D eigenvalue weighted by Gasteiger charge is 2.47. The predicted octanol–water partition coefficient (Wildman–Crippen LogP) is -0.449. The van der Waals surface area contributed by atoms with E-state index in [2.05, 4.69) is 0 Å². The fraction of sp³-hybridized carbons (Fsp3) is 0.444. The first kappa shape index (κ1) is 20.1. The van der Waals surface area contributed by atoms with E-state index in [4.69, 9.17) is 23.4 Å². The Morgan fingerprint density at radius 1 is 1.18 bits per heavy atom. The average Bonchev–Trinajstić information content (AvgIpc) is 2.66. The Morgan fingerprint density at radius 3 is 2.57 bits per heavy atom. The number of carbonyl (C=O) groups excluding carboxylic acids is 1. The second kappa shape index (κ2) is 8.15. The maximum atomic E-state index is 11.4. The molecule has 0 aliphatic carbocycles. The van der Waals surface area contributed by atoms with Gasteiger partial charge in [0.15, 0.2) is 23.7 Å². The molecule has 2 heterocycles. The van der Waals surface area contributed by atoms with E-state index in [0.717, 1.165) is 6.92 Å².